The molecular weight excluding hydrogens is 427 g/mol. The van der Waals surface area contributed by atoms with E-state index < -0.39 is 17.3 Å². The van der Waals surface area contributed by atoms with Gasteiger partial charge >= 0.3 is 6.18 Å². The fourth-order valence-corrected chi connectivity index (χ4v) is 4.01. The quantitative estimate of drug-likeness (QED) is 0.646. The Morgan fingerprint density at radius 3 is 2.56 bits per heavy atom. The van der Waals surface area contributed by atoms with Crippen LogP contribution in [0.1, 0.15) is 26.3 Å². The van der Waals surface area contributed by atoms with Gasteiger partial charge in [-0.1, -0.05) is 0 Å². The first kappa shape index (κ1) is 21.5. The van der Waals surface area contributed by atoms with Crippen molar-refractivity contribution in [1.82, 2.24) is 24.5 Å². The van der Waals surface area contributed by atoms with Gasteiger partial charge in [0.25, 0.3) is 5.91 Å². The molecule has 12 heteroatoms. The van der Waals surface area contributed by atoms with Gasteiger partial charge in [-0.2, -0.15) is 18.3 Å². The first-order valence-corrected chi connectivity index (χ1v) is 9.69. The molecule has 3 aromatic rings. The smallest absolute Gasteiger partial charge is 0.382 e. The van der Waals surface area contributed by atoms with Gasteiger partial charge in [0.2, 0.25) is 5.91 Å². The number of hydrogen-bond donors (Lipinski definition) is 1. The number of nitrogens with two attached hydrogens (primary N) is 1. The Bertz CT molecular complexity index is 1240. The molecule has 32 heavy (non-hydrogen) atoms. The highest BCUT2D eigenvalue weighted by atomic mass is 19.4. The van der Waals surface area contributed by atoms with Crippen LogP contribution in [-0.4, -0.2) is 54.9 Å². The average Bonchev–Trinajstić information content (AvgIpc) is 3.11. The molecule has 0 aliphatic carbocycles. The summed E-state index contributed by atoms with van der Waals surface area (Å²) in [6.07, 6.45) is -2.19. The number of alkyl halides is 3. The first-order chi connectivity index (χ1) is 14.9. The molecule has 4 heterocycles. The van der Waals surface area contributed by atoms with Crippen LogP contribution in [0.2, 0.25) is 0 Å². The van der Waals surface area contributed by atoms with E-state index in [0.29, 0.717) is 12.1 Å². The molecular formula is C20H20F3N7O2. The van der Waals surface area contributed by atoms with E-state index in [4.69, 9.17) is 5.73 Å². The number of halogens is 3. The summed E-state index contributed by atoms with van der Waals surface area (Å²) in [4.78, 5) is 35.8. The molecule has 0 bridgehead atoms. The van der Waals surface area contributed by atoms with E-state index in [-0.39, 0.29) is 41.2 Å². The molecule has 1 saturated heterocycles. The Morgan fingerprint density at radius 2 is 1.91 bits per heavy atom. The van der Waals surface area contributed by atoms with Crippen LogP contribution in [0.3, 0.4) is 0 Å². The van der Waals surface area contributed by atoms with Crippen molar-refractivity contribution < 1.29 is 22.8 Å². The second-order valence-corrected chi connectivity index (χ2v) is 7.94. The number of fused-ring (bicyclic) bond motifs is 1. The molecule has 3 aromatic heterocycles. The first-order valence-electron chi connectivity index (χ1n) is 9.69. The second-order valence-electron chi connectivity index (χ2n) is 7.94. The van der Waals surface area contributed by atoms with E-state index in [1.54, 1.807) is 13.8 Å². The number of anilines is 2. The molecule has 1 aliphatic rings. The maximum atomic E-state index is 13.6. The van der Waals surface area contributed by atoms with Crippen molar-refractivity contribution >= 4 is 29.0 Å². The summed E-state index contributed by atoms with van der Waals surface area (Å²) in [6.45, 7) is 5.18. The summed E-state index contributed by atoms with van der Waals surface area (Å²) >= 11 is 0. The average molecular weight is 447 g/mol. The molecule has 2 amide bonds. The minimum atomic E-state index is -4.67. The predicted molar refractivity (Wildman–Crippen MR) is 109 cm³/mol. The number of hydrogen-bond acceptors (Lipinski definition) is 6. The lowest BCUT2D eigenvalue weighted by molar-refractivity contribution is -0.145. The summed E-state index contributed by atoms with van der Waals surface area (Å²) in [7, 11) is 0. The van der Waals surface area contributed by atoms with E-state index in [1.807, 2.05) is 0 Å². The van der Waals surface area contributed by atoms with Gasteiger partial charge < -0.3 is 10.6 Å². The normalized spacial score (nSPS) is 16.6. The molecule has 0 atom stereocenters. The summed E-state index contributed by atoms with van der Waals surface area (Å²) in [6, 6.07) is 3.97. The summed E-state index contributed by atoms with van der Waals surface area (Å²) < 4.78 is 41.9. The Balaban J connectivity index is 1.80. The van der Waals surface area contributed by atoms with Gasteiger partial charge in [-0.3, -0.25) is 14.5 Å². The van der Waals surface area contributed by atoms with Crippen molar-refractivity contribution in [2.75, 3.05) is 23.7 Å². The SMILES string of the molecule is CC(=O)N1CCN(c2cc(-c3cc(C(F)(F)F)c4c(N)ncnn34)ccn2)C(=O)C1(C)C. The Morgan fingerprint density at radius 1 is 1.19 bits per heavy atom. The molecule has 4 rings (SSSR count). The van der Waals surface area contributed by atoms with Gasteiger partial charge in [0.1, 0.15) is 23.2 Å². The van der Waals surface area contributed by atoms with Gasteiger partial charge in [-0.05, 0) is 32.0 Å². The van der Waals surface area contributed by atoms with E-state index in [1.165, 1.54) is 35.1 Å². The van der Waals surface area contributed by atoms with Gasteiger partial charge in [0.05, 0.1) is 11.3 Å². The van der Waals surface area contributed by atoms with Crippen LogP contribution in [0.5, 0.6) is 0 Å². The number of nitrogen functional groups attached to an aromatic ring is 1. The molecule has 9 nitrogen and oxygen atoms in total. The number of aromatic nitrogens is 4. The minimum absolute atomic E-state index is 0.124. The van der Waals surface area contributed by atoms with E-state index in [9.17, 15) is 22.8 Å². The predicted octanol–water partition coefficient (Wildman–Crippen LogP) is 2.37. The number of rotatable bonds is 2. The van der Waals surface area contributed by atoms with Crippen LogP contribution in [0.15, 0.2) is 30.7 Å². The second kappa shape index (κ2) is 7.18. The molecule has 0 saturated carbocycles. The Labute approximate surface area is 180 Å². The highest BCUT2D eigenvalue weighted by Crippen LogP contribution is 2.39. The summed E-state index contributed by atoms with van der Waals surface area (Å²) in [5, 5.41) is 3.94. The third kappa shape index (κ3) is 3.31. The molecule has 1 aliphatic heterocycles. The molecule has 0 radical (unpaired) electrons. The lowest BCUT2D eigenvalue weighted by atomic mass is 9.97. The van der Waals surface area contributed by atoms with Crippen LogP contribution in [0, 0.1) is 0 Å². The zero-order valence-corrected chi connectivity index (χ0v) is 17.5. The minimum Gasteiger partial charge on any atom is -0.382 e. The number of carbonyl (C=O) groups is 2. The topological polar surface area (TPSA) is 110 Å². The number of carbonyl (C=O) groups excluding carboxylic acids is 2. The van der Waals surface area contributed by atoms with Crippen LogP contribution >= 0.6 is 0 Å². The molecule has 2 N–H and O–H groups in total. The highest BCUT2D eigenvalue weighted by Gasteiger charge is 2.44. The largest absolute Gasteiger partial charge is 0.418 e. The third-order valence-corrected chi connectivity index (χ3v) is 5.58. The summed E-state index contributed by atoms with van der Waals surface area (Å²) in [5.74, 6) is -0.605. The number of pyridine rings is 1. The van der Waals surface area contributed by atoms with E-state index in [0.717, 1.165) is 16.9 Å². The van der Waals surface area contributed by atoms with Crippen LogP contribution in [-0.2, 0) is 15.8 Å². The Kier molecular flexibility index (Phi) is 4.83. The highest BCUT2D eigenvalue weighted by molar-refractivity contribution is 6.02. The van der Waals surface area contributed by atoms with Crippen molar-refractivity contribution in [3.8, 4) is 11.3 Å². The standard InChI is InChI=1S/C20H20F3N7O2/c1-11(31)29-7-6-28(18(32)19(29,2)3)15-8-12(4-5-25-15)14-9-13(20(21,22)23)16-17(24)26-10-27-30(14)16/h4-5,8-10H,6-7H2,1-3H3,(H2,24,26,27). The van der Waals surface area contributed by atoms with E-state index in [2.05, 4.69) is 15.1 Å². The van der Waals surface area contributed by atoms with Crippen LogP contribution < -0.4 is 10.6 Å². The van der Waals surface area contributed by atoms with Crippen molar-refractivity contribution in [1.29, 1.82) is 0 Å². The fraction of sp³-hybridized carbons (Fsp3) is 0.350. The maximum Gasteiger partial charge on any atom is 0.418 e. The van der Waals surface area contributed by atoms with E-state index >= 15 is 0 Å². The van der Waals surface area contributed by atoms with Crippen molar-refractivity contribution in [2.24, 2.45) is 0 Å². The molecule has 168 valence electrons. The van der Waals surface area contributed by atoms with Gasteiger partial charge in [0, 0.05) is 31.8 Å². The number of amides is 2. The van der Waals surface area contributed by atoms with Crippen LogP contribution in [0.25, 0.3) is 16.8 Å². The lowest BCUT2D eigenvalue weighted by Crippen LogP contribution is -2.64. The van der Waals surface area contributed by atoms with Crippen molar-refractivity contribution in [3.63, 3.8) is 0 Å². The van der Waals surface area contributed by atoms with Crippen molar-refractivity contribution in [3.05, 3.63) is 36.3 Å². The number of nitrogens with zero attached hydrogens (tertiary/aromatic N) is 6. The van der Waals surface area contributed by atoms with Gasteiger partial charge in [-0.25, -0.2) is 14.5 Å². The van der Waals surface area contributed by atoms with Crippen LogP contribution in [0.4, 0.5) is 24.8 Å². The monoisotopic (exact) mass is 447 g/mol. The van der Waals surface area contributed by atoms with Gasteiger partial charge in [-0.15, -0.1) is 0 Å². The lowest BCUT2D eigenvalue weighted by Gasteiger charge is -2.45. The molecule has 1 fully saturated rings. The zero-order chi connectivity index (χ0) is 23.4. The van der Waals surface area contributed by atoms with Crippen molar-refractivity contribution in [2.45, 2.75) is 32.5 Å². The fourth-order valence-electron chi connectivity index (χ4n) is 4.01. The summed E-state index contributed by atoms with van der Waals surface area (Å²) in [5.41, 5.74) is 3.79. The molecule has 0 spiro atoms. The molecule has 0 unspecified atom stereocenters. The third-order valence-electron chi connectivity index (χ3n) is 5.58. The number of piperazine rings is 1. The zero-order valence-electron chi connectivity index (χ0n) is 17.5. The van der Waals surface area contributed by atoms with Gasteiger partial charge in [0.15, 0.2) is 5.82 Å². The molecule has 0 aromatic carbocycles. The Hall–Kier alpha value is -3.70. The maximum absolute atomic E-state index is 13.6.